The number of methoxy groups -OCH3 is 1. The summed E-state index contributed by atoms with van der Waals surface area (Å²) in [5.74, 6) is 0.584. The zero-order valence-corrected chi connectivity index (χ0v) is 13.3. The third kappa shape index (κ3) is 4.23. The fraction of sp³-hybridized carbons (Fsp3) is 0.529. The van der Waals surface area contributed by atoms with E-state index in [1.165, 1.54) is 12.8 Å². The molecule has 22 heavy (non-hydrogen) atoms. The second kappa shape index (κ2) is 7.82. The highest BCUT2D eigenvalue weighted by Crippen LogP contribution is 2.25. The lowest BCUT2D eigenvalue weighted by Crippen LogP contribution is -2.39. The molecule has 1 N–H and O–H groups in total. The zero-order valence-electron chi connectivity index (χ0n) is 13.3. The SMILES string of the molecule is COc1ccccc1NC(=O)CCN(C(C)=O)C1CCCC1. The normalized spacial score (nSPS) is 14.6. The molecule has 1 fully saturated rings. The Kier molecular flexibility index (Phi) is 5.81. The Morgan fingerprint density at radius 3 is 2.59 bits per heavy atom. The van der Waals surface area contributed by atoms with Gasteiger partial charge in [0.2, 0.25) is 11.8 Å². The first-order valence-electron chi connectivity index (χ1n) is 7.82. The van der Waals surface area contributed by atoms with Crippen LogP contribution in [0.3, 0.4) is 0 Å². The number of ether oxygens (including phenoxy) is 1. The Morgan fingerprint density at radius 2 is 1.95 bits per heavy atom. The third-order valence-electron chi connectivity index (χ3n) is 4.13. The van der Waals surface area contributed by atoms with Crippen molar-refractivity contribution in [1.82, 2.24) is 4.90 Å². The molecule has 2 rings (SSSR count). The number of amides is 2. The van der Waals surface area contributed by atoms with Gasteiger partial charge in [-0.05, 0) is 25.0 Å². The lowest BCUT2D eigenvalue weighted by Gasteiger charge is -2.27. The van der Waals surface area contributed by atoms with Crippen molar-refractivity contribution in [2.45, 2.75) is 45.1 Å². The number of nitrogens with zero attached hydrogens (tertiary/aromatic N) is 1. The smallest absolute Gasteiger partial charge is 0.226 e. The Labute approximate surface area is 131 Å². The van der Waals surface area contributed by atoms with Crippen LogP contribution in [0.2, 0.25) is 0 Å². The van der Waals surface area contributed by atoms with E-state index in [0.29, 0.717) is 30.4 Å². The second-order valence-electron chi connectivity index (χ2n) is 5.65. The van der Waals surface area contributed by atoms with Crippen molar-refractivity contribution >= 4 is 17.5 Å². The molecule has 0 unspecified atom stereocenters. The van der Waals surface area contributed by atoms with Gasteiger partial charge in [-0.2, -0.15) is 0 Å². The highest BCUT2D eigenvalue weighted by molar-refractivity contribution is 5.92. The van der Waals surface area contributed by atoms with Crippen LogP contribution < -0.4 is 10.1 Å². The summed E-state index contributed by atoms with van der Waals surface area (Å²) in [4.78, 5) is 25.7. The van der Waals surface area contributed by atoms with Crippen LogP contribution in [0.15, 0.2) is 24.3 Å². The number of hydrogen-bond acceptors (Lipinski definition) is 3. The number of rotatable bonds is 6. The number of carbonyl (C=O) groups excluding carboxylic acids is 2. The molecule has 0 aliphatic heterocycles. The minimum absolute atomic E-state index is 0.0528. The number of anilines is 1. The minimum atomic E-state index is -0.103. The maximum atomic E-state index is 12.1. The van der Waals surface area contributed by atoms with E-state index in [1.54, 1.807) is 26.2 Å². The van der Waals surface area contributed by atoms with Gasteiger partial charge >= 0.3 is 0 Å². The molecule has 5 heteroatoms. The lowest BCUT2D eigenvalue weighted by molar-refractivity contribution is -0.131. The molecular formula is C17H24N2O3. The van der Waals surface area contributed by atoms with Crippen LogP contribution in [0.25, 0.3) is 0 Å². The first-order valence-corrected chi connectivity index (χ1v) is 7.82. The van der Waals surface area contributed by atoms with Gasteiger partial charge in [-0.25, -0.2) is 0 Å². The van der Waals surface area contributed by atoms with E-state index in [2.05, 4.69) is 5.32 Å². The summed E-state index contributed by atoms with van der Waals surface area (Å²) < 4.78 is 5.21. The van der Waals surface area contributed by atoms with Crippen LogP contribution in [-0.2, 0) is 9.59 Å². The fourth-order valence-corrected chi connectivity index (χ4v) is 3.00. The Bertz CT molecular complexity index is 524. The average Bonchev–Trinajstić information content (AvgIpc) is 3.01. The van der Waals surface area contributed by atoms with Crippen molar-refractivity contribution in [2.75, 3.05) is 19.0 Å². The van der Waals surface area contributed by atoms with E-state index < -0.39 is 0 Å². The molecule has 1 saturated carbocycles. The zero-order chi connectivity index (χ0) is 15.9. The van der Waals surface area contributed by atoms with Crippen molar-refractivity contribution in [3.8, 4) is 5.75 Å². The van der Waals surface area contributed by atoms with Crippen LogP contribution in [0.5, 0.6) is 5.75 Å². The third-order valence-corrected chi connectivity index (χ3v) is 4.13. The van der Waals surface area contributed by atoms with Crippen molar-refractivity contribution in [1.29, 1.82) is 0 Å². The molecule has 0 bridgehead atoms. The monoisotopic (exact) mass is 304 g/mol. The highest BCUT2D eigenvalue weighted by Gasteiger charge is 2.24. The van der Waals surface area contributed by atoms with E-state index in [-0.39, 0.29) is 11.8 Å². The summed E-state index contributed by atoms with van der Waals surface area (Å²) >= 11 is 0. The molecule has 1 aromatic carbocycles. The summed E-state index contributed by atoms with van der Waals surface area (Å²) in [6.45, 7) is 2.05. The molecule has 5 nitrogen and oxygen atoms in total. The summed E-state index contributed by atoms with van der Waals surface area (Å²) in [6.07, 6.45) is 4.74. The first-order chi connectivity index (χ1) is 10.6. The summed E-state index contributed by atoms with van der Waals surface area (Å²) in [5, 5.41) is 2.84. The van der Waals surface area contributed by atoms with Gasteiger partial charge in [0.25, 0.3) is 0 Å². The summed E-state index contributed by atoms with van der Waals surface area (Å²) in [5.41, 5.74) is 0.658. The molecule has 0 saturated heterocycles. The lowest BCUT2D eigenvalue weighted by atomic mass is 10.2. The maximum absolute atomic E-state index is 12.1. The number of hydrogen-bond donors (Lipinski definition) is 1. The average molecular weight is 304 g/mol. The first kappa shape index (κ1) is 16.3. The molecule has 0 aromatic heterocycles. The van der Waals surface area contributed by atoms with Crippen molar-refractivity contribution in [2.24, 2.45) is 0 Å². The molecule has 120 valence electrons. The topological polar surface area (TPSA) is 58.6 Å². The van der Waals surface area contributed by atoms with Gasteiger partial charge in [0.1, 0.15) is 5.75 Å². The molecule has 0 spiro atoms. The number of carbonyl (C=O) groups is 2. The van der Waals surface area contributed by atoms with E-state index in [4.69, 9.17) is 4.74 Å². The Balaban J connectivity index is 1.89. The molecule has 1 aromatic rings. The molecule has 0 radical (unpaired) electrons. The number of nitrogens with one attached hydrogen (secondary N) is 1. The van der Waals surface area contributed by atoms with Crippen LogP contribution in [0, 0.1) is 0 Å². The summed E-state index contributed by atoms with van der Waals surface area (Å²) in [7, 11) is 1.57. The van der Waals surface area contributed by atoms with Gasteiger partial charge in [0.15, 0.2) is 0 Å². The van der Waals surface area contributed by atoms with Crippen molar-refractivity contribution < 1.29 is 14.3 Å². The highest BCUT2D eigenvalue weighted by atomic mass is 16.5. The van der Waals surface area contributed by atoms with Gasteiger partial charge in [-0.15, -0.1) is 0 Å². The molecule has 0 atom stereocenters. The molecule has 2 amide bonds. The number of benzene rings is 1. The second-order valence-corrected chi connectivity index (χ2v) is 5.65. The Hall–Kier alpha value is -2.04. The van der Waals surface area contributed by atoms with E-state index in [1.807, 2.05) is 17.0 Å². The van der Waals surface area contributed by atoms with Crippen LogP contribution in [-0.4, -0.2) is 36.4 Å². The van der Waals surface area contributed by atoms with Gasteiger partial charge < -0.3 is 15.0 Å². The van der Waals surface area contributed by atoms with Crippen molar-refractivity contribution in [3.63, 3.8) is 0 Å². The maximum Gasteiger partial charge on any atom is 0.226 e. The summed E-state index contributed by atoms with van der Waals surface area (Å²) in [6, 6.07) is 7.61. The fourth-order valence-electron chi connectivity index (χ4n) is 3.00. The standard InChI is InChI=1S/C17H24N2O3/c1-13(20)19(14-7-3-4-8-14)12-11-17(21)18-15-9-5-6-10-16(15)22-2/h5-6,9-10,14H,3-4,7-8,11-12H2,1-2H3,(H,18,21). The van der Waals surface area contributed by atoms with Crippen LogP contribution in [0.1, 0.15) is 39.0 Å². The van der Waals surface area contributed by atoms with Crippen molar-refractivity contribution in [3.05, 3.63) is 24.3 Å². The quantitative estimate of drug-likeness (QED) is 0.879. The van der Waals surface area contributed by atoms with Gasteiger partial charge in [0, 0.05) is 25.9 Å². The molecular weight excluding hydrogens is 280 g/mol. The predicted octanol–water partition coefficient (Wildman–Crippen LogP) is 2.81. The molecule has 1 aliphatic carbocycles. The largest absolute Gasteiger partial charge is 0.495 e. The van der Waals surface area contributed by atoms with Gasteiger partial charge in [-0.1, -0.05) is 25.0 Å². The van der Waals surface area contributed by atoms with E-state index in [9.17, 15) is 9.59 Å². The van der Waals surface area contributed by atoms with Crippen LogP contribution in [0.4, 0.5) is 5.69 Å². The number of para-hydroxylation sites is 2. The predicted molar refractivity (Wildman–Crippen MR) is 85.9 cm³/mol. The van der Waals surface area contributed by atoms with E-state index >= 15 is 0 Å². The molecule has 0 heterocycles. The molecule has 1 aliphatic rings. The minimum Gasteiger partial charge on any atom is -0.495 e. The van der Waals surface area contributed by atoms with E-state index in [0.717, 1.165) is 12.8 Å². The van der Waals surface area contributed by atoms with Gasteiger partial charge in [0.05, 0.1) is 12.8 Å². The van der Waals surface area contributed by atoms with Gasteiger partial charge in [-0.3, -0.25) is 9.59 Å². The van der Waals surface area contributed by atoms with Crippen LogP contribution >= 0.6 is 0 Å². The Morgan fingerprint density at radius 1 is 1.27 bits per heavy atom.